The average Bonchev–Trinajstić information content (AvgIpc) is 3.37. The van der Waals surface area contributed by atoms with Gasteiger partial charge in [0.2, 0.25) is 15.9 Å². The van der Waals surface area contributed by atoms with Crippen LogP contribution in [0.2, 0.25) is 10.0 Å². The number of piperazine rings is 1. The van der Waals surface area contributed by atoms with Crippen LogP contribution in [0, 0.1) is 6.92 Å². The minimum absolute atomic E-state index is 0.0417. The monoisotopic (exact) mass is 671 g/mol. The van der Waals surface area contributed by atoms with Gasteiger partial charge in [-0.05, 0) is 80.8 Å². The first-order valence-electron chi connectivity index (χ1n) is 14.6. The topological polar surface area (TPSA) is 120 Å². The van der Waals surface area contributed by atoms with Gasteiger partial charge in [-0.15, -0.1) is 0 Å². The predicted octanol–water partition coefficient (Wildman–Crippen LogP) is 5.48. The number of nitrogens with zero attached hydrogens (tertiary/aromatic N) is 3. The maximum absolute atomic E-state index is 14.5. The van der Waals surface area contributed by atoms with Crippen LogP contribution >= 0.6 is 23.2 Å². The van der Waals surface area contributed by atoms with E-state index in [2.05, 4.69) is 10.0 Å². The normalized spacial score (nSPS) is 18.6. The molecule has 238 valence electrons. The van der Waals surface area contributed by atoms with Gasteiger partial charge in [0, 0.05) is 29.2 Å². The van der Waals surface area contributed by atoms with E-state index >= 15 is 0 Å². The summed E-state index contributed by atoms with van der Waals surface area (Å²) < 4.78 is 35.7. The van der Waals surface area contributed by atoms with Gasteiger partial charge in [-0.25, -0.2) is 17.9 Å². The number of amides is 3. The van der Waals surface area contributed by atoms with Crippen LogP contribution < -0.4 is 14.8 Å². The first kappa shape index (κ1) is 32.7. The Morgan fingerprint density at radius 3 is 2.27 bits per heavy atom. The molecule has 3 aromatic carbocycles. The zero-order valence-electron chi connectivity index (χ0n) is 25.4. The molecule has 0 saturated carbocycles. The molecule has 2 aliphatic rings. The number of carbonyl (C=O) groups excluding carboxylic acids is 2. The Morgan fingerprint density at radius 2 is 1.69 bits per heavy atom. The summed E-state index contributed by atoms with van der Waals surface area (Å²) in [4.78, 5) is 35.1. The van der Waals surface area contributed by atoms with Crippen molar-refractivity contribution in [2.75, 3.05) is 26.2 Å². The van der Waals surface area contributed by atoms with Crippen LogP contribution in [-0.2, 0) is 14.8 Å². The van der Waals surface area contributed by atoms with Crippen molar-refractivity contribution in [3.05, 3.63) is 93.0 Å². The van der Waals surface area contributed by atoms with Gasteiger partial charge in [-0.1, -0.05) is 47.5 Å². The number of benzene rings is 3. The third-order valence-electron chi connectivity index (χ3n) is 7.50. The fraction of sp³-hybridized carbons (Fsp3) is 0.344. The molecule has 2 aliphatic heterocycles. The van der Waals surface area contributed by atoms with Gasteiger partial charge in [0.05, 0.1) is 23.1 Å². The van der Waals surface area contributed by atoms with Crippen molar-refractivity contribution in [2.24, 2.45) is 4.99 Å². The van der Waals surface area contributed by atoms with E-state index < -0.39 is 28.1 Å². The van der Waals surface area contributed by atoms with E-state index in [-0.39, 0.29) is 42.4 Å². The first-order valence-corrected chi connectivity index (χ1v) is 16.9. The minimum Gasteiger partial charge on any atom is -0.493 e. The number of sulfonamides is 1. The molecule has 45 heavy (non-hydrogen) atoms. The molecule has 5 rings (SSSR count). The largest absolute Gasteiger partial charge is 0.493 e. The van der Waals surface area contributed by atoms with Gasteiger partial charge in [0.15, 0.2) is 0 Å². The molecule has 10 nitrogen and oxygen atoms in total. The molecule has 0 aliphatic carbocycles. The molecule has 0 spiro atoms. The number of aliphatic imine (C=N–C) groups is 1. The van der Waals surface area contributed by atoms with E-state index in [0.717, 1.165) is 11.1 Å². The summed E-state index contributed by atoms with van der Waals surface area (Å²) in [6, 6.07) is 15.4. The fourth-order valence-electron chi connectivity index (χ4n) is 5.58. The van der Waals surface area contributed by atoms with Crippen LogP contribution in [0.5, 0.6) is 5.75 Å². The Hall–Kier alpha value is -3.64. The molecule has 1 saturated heterocycles. The van der Waals surface area contributed by atoms with Crippen LogP contribution in [0.3, 0.4) is 0 Å². The van der Waals surface area contributed by atoms with Gasteiger partial charge in [0.1, 0.15) is 24.2 Å². The number of hydrogen-bond donors (Lipinski definition) is 2. The molecule has 1 fully saturated rings. The highest BCUT2D eigenvalue weighted by atomic mass is 35.5. The third-order valence-corrected chi connectivity index (χ3v) is 9.81. The lowest BCUT2D eigenvalue weighted by atomic mass is 9.93. The first-order chi connectivity index (χ1) is 21.4. The SMILES string of the molecule is CCOc1cc(C)c(S(=O)(=O)NC(C)C)cc1C1=N[C@@H](c2ccc(Cl)cc2)[C@@H](c2ccc(Cl)cc2)N1C(=O)N1CCNC(=O)C1. The molecule has 2 N–H and O–H groups in total. The van der Waals surface area contributed by atoms with Crippen LogP contribution in [0.4, 0.5) is 4.79 Å². The molecular weight excluding hydrogens is 637 g/mol. The van der Waals surface area contributed by atoms with E-state index in [0.29, 0.717) is 33.5 Å². The maximum atomic E-state index is 14.5. The zero-order chi connectivity index (χ0) is 32.5. The lowest BCUT2D eigenvalue weighted by Crippen LogP contribution is -2.55. The van der Waals surface area contributed by atoms with Crippen molar-refractivity contribution in [3.8, 4) is 5.75 Å². The summed E-state index contributed by atoms with van der Waals surface area (Å²) >= 11 is 12.5. The summed E-state index contributed by atoms with van der Waals surface area (Å²) in [5.41, 5.74) is 2.33. The van der Waals surface area contributed by atoms with Crippen molar-refractivity contribution in [3.63, 3.8) is 0 Å². The van der Waals surface area contributed by atoms with E-state index in [1.54, 1.807) is 56.0 Å². The van der Waals surface area contributed by atoms with Crippen LogP contribution in [-0.4, -0.2) is 68.3 Å². The van der Waals surface area contributed by atoms with E-state index in [9.17, 15) is 18.0 Å². The maximum Gasteiger partial charge on any atom is 0.326 e. The molecule has 3 amide bonds. The second-order valence-corrected chi connectivity index (χ2v) is 13.7. The minimum atomic E-state index is -3.94. The second-order valence-electron chi connectivity index (χ2n) is 11.2. The van der Waals surface area contributed by atoms with Crippen LogP contribution in [0.1, 0.15) is 55.1 Å². The third kappa shape index (κ3) is 6.96. The molecule has 0 unspecified atom stereocenters. The number of hydrogen-bond acceptors (Lipinski definition) is 6. The van der Waals surface area contributed by atoms with E-state index in [1.165, 1.54) is 11.0 Å². The smallest absolute Gasteiger partial charge is 0.326 e. The number of urea groups is 1. The Balaban J connectivity index is 1.77. The van der Waals surface area contributed by atoms with Crippen molar-refractivity contribution in [2.45, 2.75) is 50.7 Å². The highest BCUT2D eigenvalue weighted by molar-refractivity contribution is 7.89. The summed E-state index contributed by atoms with van der Waals surface area (Å²) in [5.74, 6) is 0.316. The van der Waals surface area contributed by atoms with Gasteiger partial charge in [-0.3, -0.25) is 14.7 Å². The molecule has 2 heterocycles. The van der Waals surface area contributed by atoms with Crippen LogP contribution in [0.25, 0.3) is 0 Å². The Morgan fingerprint density at radius 1 is 1.07 bits per heavy atom. The fourth-order valence-corrected chi connectivity index (χ4v) is 7.34. The van der Waals surface area contributed by atoms with Crippen molar-refractivity contribution < 1.29 is 22.7 Å². The lowest BCUT2D eigenvalue weighted by Gasteiger charge is -2.36. The predicted molar refractivity (Wildman–Crippen MR) is 175 cm³/mol. The molecule has 0 radical (unpaired) electrons. The second kappa shape index (κ2) is 13.4. The van der Waals surface area contributed by atoms with Gasteiger partial charge in [0.25, 0.3) is 0 Å². The molecule has 0 bridgehead atoms. The molecule has 2 atom stereocenters. The number of aryl methyl sites for hydroxylation is 1. The standard InChI is InChI=1S/C32H35Cl2N5O5S/c1-5-44-26-16-20(4)27(45(42,43)37-19(2)3)17-25(26)31-36-29(21-6-10-23(33)11-7-21)30(22-8-12-24(34)13-9-22)39(31)32(41)38-15-14-35-28(40)18-38/h6-13,16-17,19,29-30,37H,5,14-15,18H2,1-4H3,(H,35,40)/t29-,30+/m0/s1. The lowest BCUT2D eigenvalue weighted by molar-refractivity contribution is -0.123. The van der Waals surface area contributed by atoms with Gasteiger partial charge in [-0.2, -0.15) is 0 Å². The Labute approximate surface area is 273 Å². The number of rotatable bonds is 8. The summed E-state index contributed by atoms with van der Waals surface area (Å²) in [5, 5.41) is 3.83. The number of ether oxygens (including phenoxy) is 1. The zero-order valence-corrected chi connectivity index (χ0v) is 27.7. The Kier molecular flexibility index (Phi) is 9.74. The molecule has 0 aromatic heterocycles. The number of amidine groups is 1. The van der Waals surface area contributed by atoms with Gasteiger partial charge < -0.3 is 15.0 Å². The molecule has 3 aromatic rings. The molecule has 13 heteroatoms. The van der Waals surface area contributed by atoms with E-state index in [4.69, 9.17) is 32.9 Å². The summed E-state index contributed by atoms with van der Waals surface area (Å²) in [6.07, 6.45) is 0. The van der Waals surface area contributed by atoms with Crippen LogP contribution in [0.15, 0.2) is 70.6 Å². The van der Waals surface area contributed by atoms with Crippen molar-refractivity contribution in [1.29, 1.82) is 0 Å². The molecular formula is C32H35Cl2N5O5S. The Bertz CT molecular complexity index is 1730. The highest BCUT2D eigenvalue weighted by Crippen LogP contribution is 2.46. The van der Waals surface area contributed by atoms with E-state index in [1.807, 2.05) is 31.2 Å². The number of nitrogens with one attached hydrogen (secondary N) is 2. The highest BCUT2D eigenvalue weighted by Gasteiger charge is 2.45. The quantitative estimate of drug-likeness (QED) is 0.328. The number of carbonyl (C=O) groups is 2. The average molecular weight is 673 g/mol. The summed E-state index contributed by atoms with van der Waals surface area (Å²) in [7, 11) is -3.94. The number of halogens is 2. The van der Waals surface area contributed by atoms with Gasteiger partial charge >= 0.3 is 6.03 Å². The summed E-state index contributed by atoms with van der Waals surface area (Å²) in [6.45, 7) is 7.75. The van der Waals surface area contributed by atoms with Crippen molar-refractivity contribution >= 4 is 51.0 Å². The van der Waals surface area contributed by atoms with Crippen molar-refractivity contribution in [1.82, 2.24) is 19.8 Å².